The summed E-state index contributed by atoms with van der Waals surface area (Å²) in [5.41, 5.74) is 5.21. The van der Waals surface area contributed by atoms with Crippen LogP contribution in [0.25, 0.3) is 22.0 Å². The van der Waals surface area contributed by atoms with E-state index in [1.54, 1.807) is 0 Å². The van der Waals surface area contributed by atoms with Gasteiger partial charge in [-0.3, -0.25) is 4.98 Å². The summed E-state index contributed by atoms with van der Waals surface area (Å²) < 4.78 is 6.15. The standard InChI is InChI=1S/C27H18N2O/c1-2-11-22-19(8-1)16-17-28-27(22)20-9-7-10-21(18-20)29-23-12-3-5-14-25(23)30-26-15-6-4-13-24(26)29/h1-18H. The van der Waals surface area contributed by atoms with Crippen molar-refractivity contribution in [2.75, 3.05) is 4.90 Å². The topological polar surface area (TPSA) is 25.4 Å². The number of nitrogens with zero attached hydrogens (tertiary/aromatic N) is 2. The van der Waals surface area contributed by atoms with Crippen LogP contribution in [0.5, 0.6) is 11.5 Å². The number of anilines is 3. The zero-order chi connectivity index (χ0) is 19.9. The molecule has 0 unspecified atom stereocenters. The molecule has 0 spiro atoms. The lowest BCUT2D eigenvalue weighted by Crippen LogP contribution is -2.15. The maximum absolute atomic E-state index is 6.15. The monoisotopic (exact) mass is 386 g/mol. The Kier molecular flexibility index (Phi) is 3.78. The van der Waals surface area contributed by atoms with Gasteiger partial charge >= 0.3 is 0 Å². The number of fused-ring (bicyclic) bond motifs is 3. The number of hydrogen-bond acceptors (Lipinski definition) is 3. The average molecular weight is 386 g/mol. The first-order valence-corrected chi connectivity index (χ1v) is 9.99. The molecular weight excluding hydrogens is 368 g/mol. The molecule has 4 aromatic carbocycles. The van der Waals surface area contributed by atoms with Gasteiger partial charge in [0.05, 0.1) is 17.1 Å². The molecular formula is C27H18N2O. The van der Waals surface area contributed by atoms with Crippen molar-refractivity contribution in [3.8, 4) is 22.8 Å². The lowest BCUT2D eigenvalue weighted by atomic mass is 10.0. The van der Waals surface area contributed by atoms with Gasteiger partial charge in [0.2, 0.25) is 0 Å². The zero-order valence-corrected chi connectivity index (χ0v) is 16.2. The Bertz CT molecular complexity index is 1340. The molecule has 142 valence electrons. The summed E-state index contributed by atoms with van der Waals surface area (Å²) in [5.74, 6) is 1.70. The maximum atomic E-state index is 6.15. The molecule has 0 amide bonds. The Hall–Kier alpha value is -4.11. The molecule has 0 saturated heterocycles. The number of hydrogen-bond donors (Lipinski definition) is 0. The van der Waals surface area contributed by atoms with Crippen molar-refractivity contribution in [2.24, 2.45) is 0 Å². The van der Waals surface area contributed by atoms with Crippen molar-refractivity contribution in [1.82, 2.24) is 4.98 Å². The van der Waals surface area contributed by atoms with E-state index in [1.165, 1.54) is 5.39 Å². The summed E-state index contributed by atoms with van der Waals surface area (Å²) in [4.78, 5) is 6.96. The van der Waals surface area contributed by atoms with Crippen LogP contribution in [-0.2, 0) is 0 Å². The second-order valence-electron chi connectivity index (χ2n) is 7.30. The normalized spacial score (nSPS) is 12.2. The Morgan fingerprint density at radius 2 is 1.33 bits per heavy atom. The number of benzene rings is 4. The van der Waals surface area contributed by atoms with Crippen molar-refractivity contribution in [3.05, 3.63) is 109 Å². The molecule has 5 aromatic rings. The van der Waals surface area contributed by atoms with Crippen LogP contribution in [0.1, 0.15) is 0 Å². The molecule has 1 aliphatic heterocycles. The minimum absolute atomic E-state index is 0.852. The molecule has 0 saturated carbocycles. The van der Waals surface area contributed by atoms with Crippen LogP contribution < -0.4 is 9.64 Å². The third kappa shape index (κ3) is 2.64. The van der Waals surface area contributed by atoms with Crippen LogP contribution in [-0.4, -0.2) is 4.98 Å². The first-order valence-electron chi connectivity index (χ1n) is 9.99. The van der Waals surface area contributed by atoms with E-state index >= 15 is 0 Å². The lowest BCUT2D eigenvalue weighted by Gasteiger charge is -2.33. The summed E-state index contributed by atoms with van der Waals surface area (Å²) in [6.45, 7) is 0. The number of pyridine rings is 1. The van der Waals surface area contributed by atoms with Crippen LogP contribution in [0.2, 0.25) is 0 Å². The van der Waals surface area contributed by atoms with E-state index in [1.807, 2.05) is 42.6 Å². The lowest BCUT2D eigenvalue weighted by molar-refractivity contribution is 0.477. The van der Waals surface area contributed by atoms with E-state index < -0.39 is 0 Å². The minimum Gasteiger partial charge on any atom is -0.453 e. The van der Waals surface area contributed by atoms with E-state index in [2.05, 4.69) is 71.6 Å². The zero-order valence-electron chi connectivity index (χ0n) is 16.2. The molecule has 0 aliphatic carbocycles. The van der Waals surface area contributed by atoms with Gasteiger partial charge in [-0.05, 0) is 47.9 Å². The Labute approximate surface area is 174 Å². The molecule has 6 rings (SSSR count). The Morgan fingerprint density at radius 1 is 0.633 bits per heavy atom. The average Bonchev–Trinajstić information content (AvgIpc) is 2.82. The Morgan fingerprint density at radius 3 is 2.13 bits per heavy atom. The third-order valence-electron chi connectivity index (χ3n) is 5.48. The number of rotatable bonds is 2. The second-order valence-corrected chi connectivity index (χ2v) is 7.30. The summed E-state index contributed by atoms with van der Waals surface area (Å²) in [7, 11) is 0. The van der Waals surface area contributed by atoms with Gasteiger partial charge in [-0.1, -0.05) is 60.7 Å². The van der Waals surface area contributed by atoms with E-state index in [4.69, 9.17) is 9.72 Å². The minimum atomic E-state index is 0.852. The van der Waals surface area contributed by atoms with Crippen LogP contribution in [0, 0.1) is 0 Å². The van der Waals surface area contributed by atoms with Gasteiger partial charge in [0.1, 0.15) is 0 Å². The van der Waals surface area contributed by atoms with Crippen LogP contribution in [0.3, 0.4) is 0 Å². The van der Waals surface area contributed by atoms with Gasteiger partial charge in [-0.25, -0.2) is 0 Å². The van der Waals surface area contributed by atoms with Crippen molar-refractivity contribution in [2.45, 2.75) is 0 Å². The summed E-state index contributed by atoms with van der Waals surface area (Å²) >= 11 is 0. The second kappa shape index (κ2) is 6.75. The fraction of sp³-hybridized carbons (Fsp3) is 0. The summed E-state index contributed by atoms with van der Waals surface area (Å²) in [6, 6.07) is 35.3. The molecule has 30 heavy (non-hydrogen) atoms. The number of aromatic nitrogens is 1. The SMILES string of the molecule is c1cc(-c2nccc3ccccc23)cc(N2c3ccccc3Oc3ccccc32)c1. The number of para-hydroxylation sites is 4. The molecule has 1 aliphatic rings. The molecule has 1 aromatic heterocycles. The van der Waals surface area contributed by atoms with Gasteiger partial charge in [-0.2, -0.15) is 0 Å². The first kappa shape index (κ1) is 16.8. The largest absolute Gasteiger partial charge is 0.453 e. The molecule has 3 heteroatoms. The predicted molar refractivity (Wildman–Crippen MR) is 122 cm³/mol. The molecule has 0 N–H and O–H groups in total. The van der Waals surface area contributed by atoms with E-state index in [0.29, 0.717) is 0 Å². The van der Waals surface area contributed by atoms with Crippen molar-refractivity contribution in [3.63, 3.8) is 0 Å². The van der Waals surface area contributed by atoms with Gasteiger partial charge in [0.15, 0.2) is 11.5 Å². The van der Waals surface area contributed by atoms with E-state index in [9.17, 15) is 0 Å². The van der Waals surface area contributed by atoms with Gasteiger partial charge in [-0.15, -0.1) is 0 Å². The van der Waals surface area contributed by atoms with Crippen molar-refractivity contribution >= 4 is 27.8 Å². The van der Waals surface area contributed by atoms with Gasteiger partial charge < -0.3 is 9.64 Å². The smallest absolute Gasteiger partial charge is 0.151 e. The molecule has 0 bridgehead atoms. The fourth-order valence-corrected chi connectivity index (χ4v) is 4.12. The quantitative estimate of drug-likeness (QED) is 0.308. The van der Waals surface area contributed by atoms with Gasteiger partial charge in [0.25, 0.3) is 0 Å². The van der Waals surface area contributed by atoms with Crippen molar-refractivity contribution < 1.29 is 4.74 Å². The molecule has 3 nitrogen and oxygen atoms in total. The molecule has 0 fully saturated rings. The highest BCUT2D eigenvalue weighted by Gasteiger charge is 2.25. The van der Waals surface area contributed by atoms with Crippen LogP contribution in [0.15, 0.2) is 109 Å². The summed E-state index contributed by atoms with van der Waals surface area (Å²) in [6.07, 6.45) is 1.88. The molecule has 0 atom stereocenters. The third-order valence-corrected chi connectivity index (χ3v) is 5.48. The van der Waals surface area contributed by atoms with Crippen LogP contribution in [0.4, 0.5) is 17.1 Å². The predicted octanol–water partition coefficient (Wildman–Crippen LogP) is 7.48. The molecule has 2 heterocycles. The fourth-order valence-electron chi connectivity index (χ4n) is 4.12. The van der Waals surface area contributed by atoms with Crippen LogP contribution >= 0.6 is 0 Å². The maximum Gasteiger partial charge on any atom is 0.151 e. The summed E-state index contributed by atoms with van der Waals surface area (Å²) in [5, 5.41) is 2.34. The molecule has 0 radical (unpaired) electrons. The highest BCUT2D eigenvalue weighted by Crippen LogP contribution is 2.50. The van der Waals surface area contributed by atoms with Crippen molar-refractivity contribution in [1.29, 1.82) is 0 Å². The Balaban J connectivity index is 1.55. The van der Waals surface area contributed by atoms with E-state index in [0.717, 1.165) is 45.2 Å². The number of ether oxygens (including phenoxy) is 1. The first-order chi connectivity index (χ1) is 14.9. The van der Waals surface area contributed by atoms with E-state index in [-0.39, 0.29) is 0 Å². The highest BCUT2D eigenvalue weighted by molar-refractivity contribution is 5.95. The van der Waals surface area contributed by atoms with Gasteiger partial charge in [0, 0.05) is 22.8 Å². The highest BCUT2D eigenvalue weighted by atomic mass is 16.5.